The quantitative estimate of drug-likeness (QED) is 0.898. The highest BCUT2D eigenvalue weighted by atomic mass is 79.9. The van der Waals surface area contributed by atoms with Crippen molar-refractivity contribution in [2.24, 2.45) is 5.73 Å². The molecule has 1 heterocycles. The van der Waals surface area contributed by atoms with Crippen molar-refractivity contribution in [1.82, 2.24) is 9.97 Å². The summed E-state index contributed by atoms with van der Waals surface area (Å²) in [6, 6.07) is 8.14. The van der Waals surface area contributed by atoms with Gasteiger partial charge in [0.2, 0.25) is 0 Å². The smallest absolute Gasteiger partial charge is 0.123 e. The van der Waals surface area contributed by atoms with Gasteiger partial charge < -0.3 is 10.7 Å². The van der Waals surface area contributed by atoms with Gasteiger partial charge in [0.25, 0.3) is 0 Å². The van der Waals surface area contributed by atoms with Crippen molar-refractivity contribution in [3.8, 4) is 11.3 Å². The maximum atomic E-state index is 6.09. The summed E-state index contributed by atoms with van der Waals surface area (Å²) in [6.45, 7) is 4.16. The fourth-order valence-corrected chi connectivity index (χ4v) is 2.42. The Morgan fingerprint density at radius 2 is 2.22 bits per heavy atom. The van der Waals surface area contributed by atoms with Crippen LogP contribution in [0.2, 0.25) is 0 Å². The Kier molecular flexibility index (Phi) is 4.19. The summed E-state index contributed by atoms with van der Waals surface area (Å²) in [7, 11) is 0. The molecule has 18 heavy (non-hydrogen) atoms. The van der Waals surface area contributed by atoms with Crippen molar-refractivity contribution >= 4 is 15.9 Å². The average molecular weight is 308 g/mol. The van der Waals surface area contributed by atoms with Gasteiger partial charge in [-0.2, -0.15) is 0 Å². The van der Waals surface area contributed by atoms with Gasteiger partial charge in [0, 0.05) is 15.7 Å². The van der Waals surface area contributed by atoms with Gasteiger partial charge in [0.15, 0.2) is 0 Å². The van der Waals surface area contributed by atoms with Crippen LogP contribution in [0.4, 0.5) is 0 Å². The van der Waals surface area contributed by atoms with E-state index in [4.69, 9.17) is 5.73 Å². The number of aryl methyl sites for hydroxylation is 1. The molecule has 2 rings (SSSR count). The first kappa shape index (κ1) is 13.3. The second kappa shape index (κ2) is 5.67. The summed E-state index contributed by atoms with van der Waals surface area (Å²) in [5, 5.41) is 0. The standard InChI is InChI=1S/C14H18BrN3/c1-3-5-12(16)14-17-9(2)13(18-14)10-6-4-7-11(15)8-10/h4,6-8,12H,3,5,16H2,1-2H3,(H,17,18). The number of aromatic nitrogens is 2. The highest BCUT2D eigenvalue weighted by Crippen LogP contribution is 2.26. The molecule has 1 unspecified atom stereocenters. The minimum atomic E-state index is -0.00500. The highest BCUT2D eigenvalue weighted by Gasteiger charge is 2.13. The predicted molar refractivity (Wildman–Crippen MR) is 78.3 cm³/mol. The molecule has 0 fully saturated rings. The molecule has 4 heteroatoms. The zero-order valence-corrected chi connectivity index (χ0v) is 12.3. The molecular weight excluding hydrogens is 290 g/mol. The van der Waals surface area contributed by atoms with E-state index in [1.807, 2.05) is 19.1 Å². The zero-order chi connectivity index (χ0) is 13.1. The molecule has 3 nitrogen and oxygen atoms in total. The molecule has 0 amide bonds. The van der Waals surface area contributed by atoms with Crippen LogP contribution in [0.3, 0.4) is 0 Å². The number of nitrogens with two attached hydrogens (primary N) is 1. The van der Waals surface area contributed by atoms with Crippen LogP contribution >= 0.6 is 15.9 Å². The van der Waals surface area contributed by atoms with E-state index in [2.05, 4.69) is 45.0 Å². The van der Waals surface area contributed by atoms with Gasteiger partial charge in [-0.1, -0.05) is 41.4 Å². The van der Waals surface area contributed by atoms with Crippen LogP contribution in [0.15, 0.2) is 28.7 Å². The largest absolute Gasteiger partial charge is 0.344 e. The third kappa shape index (κ3) is 2.82. The van der Waals surface area contributed by atoms with Crippen LogP contribution in [0.1, 0.15) is 37.3 Å². The first-order chi connectivity index (χ1) is 8.61. The summed E-state index contributed by atoms with van der Waals surface area (Å²) in [4.78, 5) is 7.93. The van der Waals surface area contributed by atoms with E-state index in [1.54, 1.807) is 0 Å². The first-order valence-electron chi connectivity index (χ1n) is 6.19. The van der Waals surface area contributed by atoms with Crippen molar-refractivity contribution in [3.05, 3.63) is 40.3 Å². The minimum absolute atomic E-state index is 0.00500. The molecule has 0 aliphatic heterocycles. The fourth-order valence-electron chi connectivity index (χ4n) is 2.02. The number of H-pyrrole nitrogens is 1. The van der Waals surface area contributed by atoms with Crippen LogP contribution in [0.5, 0.6) is 0 Å². The number of nitrogens with one attached hydrogen (secondary N) is 1. The fraction of sp³-hybridized carbons (Fsp3) is 0.357. The van der Waals surface area contributed by atoms with E-state index in [1.165, 1.54) is 0 Å². The third-order valence-electron chi connectivity index (χ3n) is 2.95. The monoisotopic (exact) mass is 307 g/mol. The normalized spacial score (nSPS) is 12.7. The van der Waals surface area contributed by atoms with E-state index >= 15 is 0 Å². The molecule has 2 aromatic rings. The van der Waals surface area contributed by atoms with E-state index in [0.29, 0.717) is 0 Å². The van der Waals surface area contributed by atoms with Gasteiger partial charge in [-0.25, -0.2) is 4.98 Å². The lowest BCUT2D eigenvalue weighted by Crippen LogP contribution is -2.11. The lowest BCUT2D eigenvalue weighted by molar-refractivity contribution is 0.608. The summed E-state index contributed by atoms with van der Waals surface area (Å²) in [6.07, 6.45) is 2.01. The second-order valence-electron chi connectivity index (χ2n) is 4.50. The summed E-state index contributed by atoms with van der Waals surface area (Å²) in [5.74, 6) is 0.879. The van der Waals surface area contributed by atoms with Crippen LogP contribution < -0.4 is 5.73 Å². The Morgan fingerprint density at radius 3 is 2.89 bits per heavy atom. The Morgan fingerprint density at radius 1 is 1.44 bits per heavy atom. The van der Waals surface area contributed by atoms with Gasteiger partial charge in [-0.05, 0) is 25.5 Å². The van der Waals surface area contributed by atoms with E-state index in [0.717, 1.165) is 40.1 Å². The Balaban J connectivity index is 2.35. The summed E-state index contributed by atoms with van der Waals surface area (Å²) in [5.41, 5.74) is 9.25. The molecule has 0 spiro atoms. The van der Waals surface area contributed by atoms with E-state index in [9.17, 15) is 0 Å². The number of rotatable bonds is 4. The molecule has 0 bridgehead atoms. The van der Waals surface area contributed by atoms with Gasteiger partial charge in [0.1, 0.15) is 5.82 Å². The molecule has 96 valence electrons. The number of hydrogen-bond acceptors (Lipinski definition) is 2. The first-order valence-corrected chi connectivity index (χ1v) is 6.99. The van der Waals surface area contributed by atoms with Crippen molar-refractivity contribution < 1.29 is 0 Å². The van der Waals surface area contributed by atoms with E-state index < -0.39 is 0 Å². The number of benzene rings is 1. The number of imidazole rings is 1. The lowest BCUT2D eigenvalue weighted by Gasteiger charge is -2.05. The molecular formula is C14H18BrN3. The van der Waals surface area contributed by atoms with Gasteiger partial charge in [-0.3, -0.25) is 0 Å². The van der Waals surface area contributed by atoms with Crippen molar-refractivity contribution in [2.75, 3.05) is 0 Å². The molecule has 0 saturated carbocycles. The average Bonchev–Trinajstić information content (AvgIpc) is 2.72. The summed E-state index contributed by atoms with van der Waals surface area (Å²) < 4.78 is 1.06. The highest BCUT2D eigenvalue weighted by molar-refractivity contribution is 9.10. The zero-order valence-electron chi connectivity index (χ0n) is 10.7. The second-order valence-corrected chi connectivity index (χ2v) is 5.42. The molecule has 0 aliphatic carbocycles. The van der Waals surface area contributed by atoms with Gasteiger partial charge >= 0.3 is 0 Å². The molecule has 3 N–H and O–H groups in total. The van der Waals surface area contributed by atoms with Crippen LogP contribution in [-0.4, -0.2) is 9.97 Å². The molecule has 0 radical (unpaired) electrons. The summed E-state index contributed by atoms with van der Waals surface area (Å²) >= 11 is 3.48. The van der Waals surface area contributed by atoms with Crippen LogP contribution in [-0.2, 0) is 0 Å². The van der Waals surface area contributed by atoms with Crippen LogP contribution in [0, 0.1) is 6.92 Å². The maximum absolute atomic E-state index is 6.09. The maximum Gasteiger partial charge on any atom is 0.123 e. The number of halogens is 1. The molecule has 0 aliphatic rings. The topological polar surface area (TPSA) is 54.7 Å². The molecule has 1 atom stereocenters. The van der Waals surface area contributed by atoms with Gasteiger partial charge in [-0.15, -0.1) is 0 Å². The minimum Gasteiger partial charge on any atom is -0.344 e. The number of aromatic amines is 1. The predicted octanol–water partition coefficient (Wildman–Crippen LogP) is 3.95. The van der Waals surface area contributed by atoms with Crippen LogP contribution in [0.25, 0.3) is 11.3 Å². The van der Waals surface area contributed by atoms with E-state index in [-0.39, 0.29) is 6.04 Å². The lowest BCUT2D eigenvalue weighted by atomic mass is 10.1. The SMILES string of the molecule is CCCC(N)c1nc(-c2cccc(Br)c2)c(C)[nH]1. The molecule has 1 aromatic heterocycles. The Bertz CT molecular complexity index is 534. The van der Waals surface area contributed by atoms with Gasteiger partial charge in [0.05, 0.1) is 11.7 Å². The number of hydrogen-bond donors (Lipinski definition) is 2. The van der Waals surface area contributed by atoms with Crippen molar-refractivity contribution in [3.63, 3.8) is 0 Å². The Hall–Kier alpha value is -1.13. The number of nitrogens with zero attached hydrogens (tertiary/aromatic N) is 1. The molecule has 1 aromatic carbocycles. The van der Waals surface area contributed by atoms with Crippen molar-refractivity contribution in [2.45, 2.75) is 32.7 Å². The molecule has 0 saturated heterocycles. The Labute approximate surface area is 116 Å². The third-order valence-corrected chi connectivity index (χ3v) is 3.45. The van der Waals surface area contributed by atoms with Crippen molar-refractivity contribution in [1.29, 1.82) is 0 Å².